The third-order valence-electron chi connectivity index (χ3n) is 9.14. The van der Waals surface area contributed by atoms with Crippen molar-refractivity contribution in [2.75, 3.05) is 0 Å². The van der Waals surface area contributed by atoms with E-state index in [1.807, 2.05) is 0 Å². The van der Waals surface area contributed by atoms with E-state index in [1.54, 1.807) is 0 Å². The highest BCUT2D eigenvalue weighted by Gasteiger charge is 2.25. The Morgan fingerprint density at radius 1 is 0.487 bits per heavy atom. The summed E-state index contributed by atoms with van der Waals surface area (Å²) in [5.74, 6) is 2.23. The van der Waals surface area contributed by atoms with Crippen LogP contribution in [0.25, 0.3) is 0 Å². The average molecular weight is 546 g/mol. The van der Waals surface area contributed by atoms with Gasteiger partial charge in [0.25, 0.3) is 5.82 Å². The highest BCUT2D eigenvalue weighted by atomic mass is 15.1. The van der Waals surface area contributed by atoms with Crippen molar-refractivity contribution >= 4 is 0 Å². The van der Waals surface area contributed by atoms with Crippen LogP contribution >= 0.6 is 0 Å². The molecule has 1 aromatic heterocycles. The average Bonchev–Trinajstić information content (AvgIpc) is 3.44. The molecular weight excluding hydrogens is 472 g/mol. The maximum absolute atomic E-state index is 3.69. The van der Waals surface area contributed by atoms with Gasteiger partial charge in [0.2, 0.25) is 0 Å². The van der Waals surface area contributed by atoms with Crippen molar-refractivity contribution in [3.63, 3.8) is 0 Å². The molecule has 1 aromatic rings. The number of hydrogen-bond donors (Lipinski definition) is 1. The molecule has 0 aliphatic rings. The fraction of sp³-hybridized carbons (Fsp3) is 0.919. The molecule has 2 heteroatoms. The molecule has 0 spiro atoms. The normalized spacial score (nSPS) is 13.2. The van der Waals surface area contributed by atoms with Gasteiger partial charge >= 0.3 is 0 Å². The quantitative estimate of drug-likeness (QED) is 0.0732. The minimum Gasteiger partial charge on any atom is -0.247 e. The Morgan fingerprint density at radius 2 is 0.846 bits per heavy atom. The predicted molar refractivity (Wildman–Crippen MR) is 175 cm³/mol. The lowest BCUT2D eigenvalue weighted by Gasteiger charge is -2.17. The van der Waals surface area contributed by atoms with Crippen molar-refractivity contribution in [1.29, 1.82) is 0 Å². The van der Waals surface area contributed by atoms with E-state index in [-0.39, 0.29) is 0 Å². The Balaban J connectivity index is 2.18. The first-order chi connectivity index (χ1) is 19.2. The van der Waals surface area contributed by atoms with Gasteiger partial charge in [-0.05, 0) is 32.6 Å². The number of hydrogen-bond acceptors (Lipinski definition) is 0. The van der Waals surface area contributed by atoms with Gasteiger partial charge in [0.15, 0.2) is 0 Å². The van der Waals surface area contributed by atoms with E-state index in [0.717, 1.165) is 0 Å². The molecule has 1 N–H and O–H groups in total. The van der Waals surface area contributed by atoms with E-state index in [1.165, 1.54) is 186 Å². The number of aromatic amines is 1. The summed E-state index contributed by atoms with van der Waals surface area (Å²) in [4.78, 5) is 3.69. The van der Waals surface area contributed by atoms with E-state index >= 15 is 0 Å². The first kappa shape index (κ1) is 36.2. The zero-order chi connectivity index (χ0) is 28.2. The van der Waals surface area contributed by atoms with Crippen LogP contribution in [0, 0.1) is 0 Å². The van der Waals surface area contributed by atoms with Crippen LogP contribution in [0.2, 0.25) is 0 Å². The van der Waals surface area contributed by atoms with Crippen LogP contribution in [-0.2, 0) is 0 Å². The zero-order valence-electron chi connectivity index (χ0n) is 27.6. The largest absolute Gasteiger partial charge is 0.257 e. The number of aromatic nitrogens is 2. The summed E-state index contributed by atoms with van der Waals surface area (Å²) in [6, 6.07) is 0.621. The second kappa shape index (κ2) is 27.4. The molecule has 2 unspecified atom stereocenters. The van der Waals surface area contributed by atoms with Crippen molar-refractivity contribution in [3.05, 3.63) is 18.2 Å². The maximum Gasteiger partial charge on any atom is 0.257 e. The molecule has 0 amide bonds. The Morgan fingerprint density at radius 3 is 1.28 bits per heavy atom. The molecule has 2 atom stereocenters. The molecule has 0 bridgehead atoms. The summed E-state index contributed by atoms with van der Waals surface area (Å²) in [6.45, 7) is 9.41. The second-order valence-electron chi connectivity index (χ2n) is 12.9. The molecular formula is C37H73N2+. The molecule has 0 saturated carbocycles. The van der Waals surface area contributed by atoms with Crippen LogP contribution in [0.15, 0.2) is 12.4 Å². The van der Waals surface area contributed by atoms with Gasteiger partial charge in [-0.25, -0.2) is 9.55 Å². The van der Waals surface area contributed by atoms with Gasteiger partial charge in [0.1, 0.15) is 12.4 Å². The topological polar surface area (TPSA) is 19.7 Å². The molecule has 0 fully saturated rings. The standard InChI is InChI=1S/C37H72N2/c1-5-8-11-13-15-17-18-19-20-21-22-23-24-26-28-30-35(4)39-34-33-38-37(39)36(31-10-7-3)32-29-27-25-16-14-12-9-6-2/h33-36H,5-32H2,1-4H3/p+1. The minimum absolute atomic E-state index is 0.621. The SMILES string of the molecule is CCCCCCCCCCCCCCCCCC(C)[n+]1cc[nH]c1C(CCCC)CCCCCCCCCC. The highest BCUT2D eigenvalue weighted by Crippen LogP contribution is 2.26. The molecule has 39 heavy (non-hydrogen) atoms. The lowest BCUT2D eigenvalue weighted by molar-refractivity contribution is -0.727. The summed E-state index contributed by atoms with van der Waals surface area (Å²) >= 11 is 0. The van der Waals surface area contributed by atoms with Crippen LogP contribution in [0.1, 0.15) is 225 Å². The summed E-state index contributed by atoms with van der Waals surface area (Å²) in [5.41, 5.74) is 0. The number of H-pyrrole nitrogens is 1. The highest BCUT2D eigenvalue weighted by molar-refractivity contribution is 4.90. The van der Waals surface area contributed by atoms with E-state index in [9.17, 15) is 0 Å². The van der Waals surface area contributed by atoms with Gasteiger partial charge in [0.05, 0.1) is 12.0 Å². The summed E-state index contributed by atoms with van der Waals surface area (Å²) < 4.78 is 2.61. The third-order valence-corrected chi connectivity index (χ3v) is 9.14. The molecule has 1 rings (SSSR count). The molecule has 2 nitrogen and oxygen atoms in total. The number of nitrogens with one attached hydrogen (secondary N) is 1. The molecule has 0 aliphatic heterocycles. The van der Waals surface area contributed by atoms with Crippen LogP contribution in [0.4, 0.5) is 0 Å². The second-order valence-corrected chi connectivity index (χ2v) is 12.9. The fourth-order valence-corrected chi connectivity index (χ4v) is 6.41. The van der Waals surface area contributed by atoms with Crippen molar-refractivity contribution in [2.45, 2.75) is 219 Å². The van der Waals surface area contributed by atoms with E-state index in [0.29, 0.717) is 12.0 Å². The smallest absolute Gasteiger partial charge is 0.247 e. The number of unbranched alkanes of at least 4 members (excludes halogenated alkanes) is 22. The fourth-order valence-electron chi connectivity index (χ4n) is 6.41. The molecule has 1 heterocycles. The van der Waals surface area contributed by atoms with Crippen LogP contribution in [0.5, 0.6) is 0 Å². The van der Waals surface area contributed by atoms with Gasteiger partial charge in [-0.3, -0.25) is 0 Å². The first-order valence-corrected chi connectivity index (χ1v) is 18.3. The minimum atomic E-state index is 0.621. The van der Waals surface area contributed by atoms with Gasteiger partial charge in [-0.15, -0.1) is 0 Å². The Kier molecular flexibility index (Phi) is 25.4. The molecule has 0 aromatic carbocycles. The Hall–Kier alpha value is -0.790. The Labute approximate surface area is 246 Å². The van der Waals surface area contributed by atoms with Crippen LogP contribution in [0.3, 0.4) is 0 Å². The molecule has 0 radical (unpaired) electrons. The van der Waals surface area contributed by atoms with Crippen molar-refractivity contribution in [1.82, 2.24) is 4.98 Å². The predicted octanol–water partition coefficient (Wildman–Crippen LogP) is 12.9. The summed E-state index contributed by atoms with van der Waals surface area (Å²) in [5, 5.41) is 0. The summed E-state index contributed by atoms with van der Waals surface area (Å²) in [7, 11) is 0. The maximum atomic E-state index is 3.69. The monoisotopic (exact) mass is 546 g/mol. The first-order valence-electron chi connectivity index (χ1n) is 18.3. The lowest BCUT2D eigenvalue weighted by atomic mass is 9.93. The van der Waals surface area contributed by atoms with Crippen LogP contribution < -0.4 is 4.57 Å². The third kappa shape index (κ3) is 19.8. The number of rotatable bonds is 30. The Bertz CT molecular complexity index is 606. The van der Waals surface area contributed by atoms with Gasteiger partial charge in [0, 0.05) is 0 Å². The van der Waals surface area contributed by atoms with E-state index < -0.39 is 0 Å². The van der Waals surface area contributed by atoms with Crippen LogP contribution in [-0.4, -0.2) is 4.98 Å². The van der Waals surface area contributed by atoms with E-state index in [4.69, 9.17) is 0 Å². The van der Waals surface area contributed by atoms with Crippen molar-refractivity contribution in [2.24, 2.45) is 0 Å². The number of nitrogens with zero attached hydrogens (tertiary/aromatic N) is 1. The summed E-state index contributed by atoms with van der Waals surface area (Å²) in [6.07, 6.45) is 44.3. The lowest BCUT2D eigenvalue weighted by Crippen LogP contribution is -2.41. The van der Waals surface area contributed by atoms with Crippen molar-refractivity contribution < 1.29 is 4.57 Å². The molecule has 0 aliphatic carbocycles. The van der Waals surface area contributed by atoms with Crippen molar-refractivity contribution in [3.8, 4) is 0 Å². The molecule has 230 valence electrons. The van der Waals surface area contributed by atoms with Gasteiger partial charge < -0.3 is 0 Å². The molecule has 0 saturated heterocycles. The van der Waals surface area contributed by atoms with Gasteiger partial charge in [-0.1, -0.05) is 175 Å². The van der Waals surface area contributed by atoms with E-state index in [2.05, 4.69) is 49.6 Å². The number of imidazole rings is 1. The van der Waals surface area contributed by atoms with Gasteiger partial charge in [-0.2, -0.15) is 0 Å². The zero-order valence-corrected chi connectivity index (χ0v) is 27.6.